The van der Waals surface area contributed by atoms with Crippen molar-refractivity contribution >= 4 is 15.9 Å². The van der Waals surface area contributed by atoms with Crippen LogP contribution in [0.4, 0.5) is 0 Å². The molecule has 2 atom stereocenters. The zero-order chi connectivity index (χ0) is 14.7. The van der Waals surface area contributed by atoms with Gasteiger partial charge >= 0.3 is 0 Å². The van der Waals surface area contributed by atoms with Gasteiger partial charge in [-0.2, -0.15) is 0 Å². The number of halogens is 1. The van der Waals surface area contributed by atoms with Crippen LogP contribution in [0.1, 0.15) is 55.0 Å². The fourth-order valence-electron chi connectivity index (χ4n) is 3.27. The SMILES string of the molecule is C[C@H](NC1CCCCc2ccccc21)c1cccc(Br)c1. The van der Waals surface area contributed by atoms with Crippen LogP contribution in [0.3, 0.4) is 0 Å². The molecule has 0 spiro atoms. The van der Waals surface area contributed by atoms with E-state index in [9.17, 15) is 0 Å². The second-order valence-electron chi connectivity index (χ2n) is 5.94. The zero-order valence-electron chi connectivity index (χ0n) is 12.5. The summed E-state index contributed by atoms with van der Waals surface area (Å²) in [5, 5.41) is 3.84. The molecule has 0 saturated carbocycles. The van der Waals surface area contributed by atoms with E-state index in [1.165, 1.54) is 42.4 Å². The lowest BCUT2D eigenvalue weighted by Crippen LogP contribution is -2.25. The van der Waals surface area contributed by atoms with Gasteiger partial charge in [0.05, 0.1) is 0 Å². The van der Waals surface area contributed by atoms with E-state index in [0.717, 1.165) is 4.47 Å². The Morgan fingerprint density at radius 2 is 1.95 bits per heavy atom. The Balaban J connectivity index is 1.81. The lowest BCUT2D eigenvalue weighted by molar-refractivity contribution is 0.437. The van der Waals surface area contributed by atoms with Gasteiger partial charge in [0, 0.05) is 16.6 Å². The molecule has 3 rings (SSSR count). The van der Waals surface area contributed by atoms with E-state index < -0.39 is 0 Å². The van der Waals surface area contributed by atoms with Gasteiger partial charge in [-0.15, -0.1) is 0 Å². The summed E-state index contributed by atoms with van der Waals surface area (Å²) in [6.45, 7) is 2.26. The van der Waals surface area contributed by atoms with Gasteiger partial charge in [0.1, 0.15) is 0 Å². The van der Waals surface area contributed by atoms with Gasteiger partial charge in [-0.05, 0) is 55.0 Å². The van der Waals surface area contributed by atoms with E-state index in [1.54, 1.807) is 0 Å². The molecule has 0 fully saturated rings. The first-order valence-electron chi connectivity index (χ1n) is 7.83. The molecule has 1 nitrogen and oxygen atoms in total. The molecule has 2 aromatic rings. The molecule has 2 heteroatoms. The molecule has 1 aliphatic carbocycles. The van der Waals surface area contributed by atoms with Crippen LogP contribution in [-0.4, -0.2) is 0 Å². The van der Waals surface area contributed by atoms with E-state index in [2.05, 4.69) is 76.7 Å². The standard InChI is InChI=1S/C19H22BrN/c1-14(16-9-6-10-17(20)13-16)21-19-12-5-3-8-15-7-2-4-11-18(15)19/h2,4,6-7,9-11,13-14,19,21H,3,5,8,12H2,1H3/t14-,19?/m0/s1. The van der Waals surface area contributed by atoms with Gasteiger partial charge in [0.2, 0.25) is 0 Å². The topological polar surface area (TPSA) is 12.0 Å². The Labute approximate surface area is 135 Å². The smallest absolute Gasteiger partial charge is 0.0328 e. The monoisotopic (exact) mass is 343 g/mol. The minimum Gasteiger partial charge on any atom is -0.303 e. The van der Waals surface area contributed by atoms with Gasteiger partial charge in [0.25, 0.3) is 0 Å². The normalized spacial score (nSPS) is 19.6. The van der Waals surface area contributed by atoms with Crippen LogP contribution in [0, 0.1) is 0 Å². The molecule has 0 amide bonds. The van der Waals surface area contributed by atoms with Crippen molar-refractivity contribution in [3.05, 3.63) is 69.7 Å². The molecule has 0 saturated heterocycles. The Hall–Kier alpha value is -1.12. The first-order valence-corrected chi connectivity index (χ1v) is 8.62. The summed E-state index contributed by atoms with van der Waals surface area (Å²) in [7, 11) is 0. The van der Waals surface area contributed by atoms with Crippen molar-refractivity contribution in [1.82, 2.24) is 5.32 Å². The summed E-state index contributed by atoms with van der Waals surface area (Å²) in [5.41, 5.74) is 4.36. The van der Waals surface area contributed by atoms with Crippen molar-refractivity contribution in [3.63, 3.8) is 0 Å². The summed E-state index contributed by atoms with van der Waals surface area (Å²) in [6, 6.07) is 18.4. The first-order chi connectivity index (χ1) is 10.2. The van der Waals surface area contributed by atoms with Crippen LogP contribution in [0.2, 0.25) is 0 Å². The summed E-state index contributed by atoms with van der Waals surface area (Å²) in [4.78, 5) is 0. The molecule has 0 aromatic heterocycles. The van der Waals surface area contributed by atoms with Crippen molar-refractivity contribution in [1.29, 1.82) is 0 Å². The van der Waals surface area contributed by atoms with E-state index in [0.29, 0.717) is 12.1 Å². The van der Waals surface area contributed by atoms with Crippen molar-refractivity contribution < 1.29 is 0 Å². The summed E-state index contributed by atoms with van der Waals surface area (Å²) in [6.07, 6.45) is 5.06. The van der Waals surface area contributed by atoms with Crippen molar-refractivity contribution in [2.75, 3.05) is 0 Å². The highest BCUT2D eigenvalue weighted by molar-refractivity contribution is 9.10. The molecule has 2 aromatic carbocycles. The quantitative estimate of drug-likeness (QED) is 0.718. The molecular weight excluding hydrogens is 322 g/mol. The van der Waals surface area contributed by atoms with Crippen molar-refractivity contribution in [2.24, 2.45) is 0 Å². The predicted molar refractivity (Wildman–Crippen MR) is 92.4 cm³/mol. The van der Waals surface area contributed by atoms with Crippen molar-refractivity contribution in [2.45, 2.75) is 44.7 Å². The Bertz CT molecular complexity index is 608. The molecule has 110 valence electrons. The summed E-state index contributed by atoms with van der Waals surface area (Å²) in [5.74, 6) is 0. The van der Waals surface area contributed by atoms with Gasteiger partial charge < -0.3 is 5.32 Å². The largest absolute Gasteiger partial charge is 0.303 e. The van der Waals surface area contributed by atoms with Crippen LogP contribution < -0.4 is 5.32 Å². The second kappa shape index (κ2) is 6.76. The van der Waals surface area contributed by atoms with Gasteiger partial charge in [-0.1, -0.05) is 58.7 Å². The minimum absolute atomic E-state index is 0.360. The molecule has 1 unspecified atom stereocenters. The number of fused-ring (bicyclic) bond motifs is 1. The lowest BCUT2D eigenvalue weighted by Gasteiger charge is -2.24. The second-order valence-corrected chi connectivity index (χ2v) is 6.86. The maximum Gasteiger partial charge on any atom is 0.0328 e. The highest BCUT2D eigenvalue weighted by Crippen LogP contribution is 2.31. The molecule has 0 bridgehead atoms. The molecule has 0 aliphatic heterocycles. The number of hydrogen-bond donors (Lipinski definition) is 1. The third kappa shape index (κ3) is 3.56. The van der Waals surface area contributed by atoms with Crippen LogP contribution in [0.25, 0.3) is 0 Å². The van der Waals surface area contributed by atoms with Gasteiger partial charge in [-0.3, -0.25) is 0 Å². The maximum atomic E-state index is 3.84. The van der Waals surface area contributed by atoms with Crippen molar-refractivity contribution in [3.8, 4) is 0 Å². The highest BCUT2D eigenvalue weighted by Gasteiger charge is 2.20. The van der Waals surface area contributed by atoms with Gasteiger partial charge in [0.15, 0.2) is 0 Å². The third-order valence-electron chi connectivity index (χ3n) is 4.42. The van der Waals surface area contributed by atoms with Crippen LogP contribution in [0.5, 0.6) is 0 Å². The Kier molecular flexibility index (Phi) is 4.77. The molecule has 0 heterocycles. The predicted octanol–water partition coefficient (Wildman–Crippen LogP) is 5.57. The molecule has 0 radical (unpaired) electrons. The van der Waals surface area contributed by atoms with E-state index in [1.807, 2.05) is 0 Å². The summed E-state index contributed by atoms with van der Waals surface area (Å²) < 4.78 is 1.15. The van der Waals surface area contributed by atoms with Gasteiger partial charge in [-0.25, -0.2) is 0 Å². The van der Waals surface area contributed by atoms with Crippen LogP contribution in [-0.2, 0) is 6.42 Å². The van der Waals surface area contributed by atoms with Crippen LogP contribution >= 0.6 is 15.9 Å². The molecular formula is C19H22BrN. The van der Waals surface area contributed by atoms with Crippen LogP contribution in [0.15, 0.2) is 53.0 Å². The Morgan fingerprint density at radius 3 is 2.81 bits per heavy atom. The Morgan fingerprint density at radius 1 is 1.10 bits per heavy atom. The fraction of sp³-hybridized carbons (Fsp3) is 0.368. The number of hydrogen-bond acceptors (Lipinski definition) is 1. The maximum absolute atomic E-state index is 3.84. The lowest BCUT2D eigenvalue weighted by atomic mass is 9.97. The molecule has 1 N–H and O–H groups in total. The summed E-state index contributed by atoms with van der Waals surface area (Å²) >= 11 is 3.57. The first kappa shape index (κ1) is 14.8. The molecule has 21 heavy (non-hydrogen) atoms. The average Bonchev–Trinajstić information content (AvgIpc) is 2.70. The van der Waals surface area contributed by atoms with E-state index in [4.69, 9.17) is 0 Å². The fourth-order valence-corrected chi connectivity index (χ4v) is 3.69. The average molecular weight is 344 g/mol. The number of nitrogens with one attached hydrogen (secondary N) is 1. The molecule has 1 aliphatic rings. The number of benzene rings is 2. The van der Waals surface area contributed by atoms with E-state index >= 15 is 0 Å². The minimum atomic E-state index is 0.360. The van der Waals surface area contributed by atoms with E-state index in [-0.39, 0.29) is 0 Å². The highest BCUT2D eigenvalue weighted by atomic mass is 79.9. The number of aryl methyl sites for hydroxylation is 1. The third-order valence-corrected chi connectivity index (χ3v) is 4.91. The zero-order valence-corrected chi connectivity index (χ0v) is 14.1. The number of rotatable bonds is 3.